The van der Waals surface area contributed by atoms with E-state index in [1.54, 1.807) is 48.5 Å². The van der Waals surface area contributed by atoms with Gasteiger partial charge < -0.3 is 9.88 Å². The molecule has 0 bridgehead atoms. The first-order valence-corrected chi connectivity index (χ1v) is 9.93. The molecule has 0 saturated heterocycles. The van der Waals surface area contributed by atoms with Gasteiger partial charge in [-0.05, 0) is 36.4 Å². The van der Waals surface area contributed by atoms with Crippen LogP contribution in [0.2, 0.25) is 5.02 Å². The van der Waals surface area contributed by atoms with E-state index in [-0.39, 0.29) is 11.4 Å². The van der Waals surface area contributed by atoms with Crippen LogP contribution in [0, 0.1) is 17.1 Å². The van der Waals surface area contributed by atoms with Gasteiger partial charge in [-0.1, -0.05) is 54.1 Å². The van der Waals surface area contributed by atoms with Crippen molar-refractivity contribution in [2.45, 2.75) is 6.54 Å². The number of aromatic nitrogens is 1. The number of benzene rings is 3. The van der Waals surface area contributed by atoms with Gasteiger partial charge in [-0.3, -0.25) is 4.79 Å². The van der Waals surface area contributed by atoms with Crippen LogP contribution in [-0.4, -0.2) is 10.5 Å². The van der Waals surface area contributed by atoms with E-state index in [0.717, 1.165) is 10.9 Å². The number of fused-ring (bicyclic) bond motifs is 1. The highest BCUT2D eigenvalue weighted by molar-refractivity contribution is 6.31. The smallest absolute Gasteiger partial charge is 0.266 e. The van der Waals surface area contributed by atoms with Gasteiger partial charge in [0, 0.05) is 38.9 Å². The Bertz CT molecular complexity index is 1350. The van der Waals surface area contributed by atoms with E-state index < -0.39 is 5.91 Å². The highest BCUT2D eigenvalue weighted by atomic mass is 35.5. The van der Waals surface area contributed by atoms with E-state index in [2.05, 4.69) is 5.32 Å². The Morgan fingerprint density at radius 2 is 1.87 bits per heavy atom. The lowest BCUT2D eigenvalue weighted by Crippen LogP contribution is -2.13. The number of nitrogens with zero attached hydrogens (tertiary/aromatic N) is 2. The lowest BCUT2D eigenvalue weighted by molar-refractivity contribution is -0.112. The molecule has 4 aromatic rings. The third-order valence-corrected chi connectivity index (χ3v) is 5.10. The van der Waals surface area contributed by atoms with Crippen molar-refractivity contribution in [3.05, 3.63) is 107 Å². The topological polar surface area (TPSA) is 57.8 Å². The molecule has 152 valence electrons. The summed E-state index contributed by atoms with van der Waals surface area (Å²) in [5, 5.41) is 13.6. The van der Waals surface area contributed by atoms with E-state index in [0.29, 0.717) is 28.4 Å². The first-order valence-electron chi connectivity index (χ1n) is 9.55. The highest BCUT2D eigenvalue weighted by Gasteiger charge is 2.14. The van der Waals surface area contributed by atoms with Crippen LogP contribution in [0.15, 0.2) is 84.6 Å². The standard InChI is InChI=1S/C25H17ClFN3O/c26-20-7-5-8-21(13-20)29-25(31)18(14-28)12-19-16-30(24-11-4-2-9-22(19)24)15-17-6-1-3-10-23(17)27/h1-13,16H,15H2,(H,29,31)/b18-12+. The molecule has 0 aliphatic carbocycles. The maximum Gasteiger partial charge on any atom is 0.266 e. The zero-order valence-corrected chi connectivity index (χ0v) is 17.1. The molecule has 31 heavy (non-hydrogen) atoms. The van der Waals surface area contributed by atoms with Crippen molar-refractivity contribution in [2.75, 3.05) is 5.32 Å². The number of anilines is 1. The number of rotatable bonds is 5. The monoisotopic (exact) mass is 429 g/mol. The SMILES string of the molecule is N#C/C(=C\c1cn(Cc2ccccc2F)c2ccccc12)C(=O)Nc1cccc(Cl)c1. The zero-order chi connectivity index (χ0) is 21.8. The maximum absolute atomic E-state index is 14.2. The summed E-state index contributed by atoms with van der Waals surface area (Å²) in [6.07, 6.45) is 3.36. The first-order chi connectivity index (χ1) is 15.0. The minimum absolute atomic E-state index is 0.0474. The summed E-state index contributed by atoms with van der Waals surface area (Å²) >= 11 is 5.96. The number of nitriles is 1. The summed E-state index contributed by atoms with van der Waals surface area (Å²) in [5.74, 6) is -0.813. The quantitative estimate of drug-likeness (QED) is 0.311. The fraction of sp³-hybridized carbons (Fsp3) is 0.0400. The Hall–Kier alpha value is -3.88. The molecule has 0 unspecified atom stereocenters. The van der Waals surface area contributed by atoms with E-state index in [1.165, 1.54) is 6.07 Å². The van der Waals surface area contributed by atoms with Crippen LogP contribution in [0.4, 0.5) is 10.1 Å². The van der Waals surface area contributed by atoms with Crippen molar-refractivity contribution < 1.29 is 9.18 Å². The highest BCUT2D eigenvalue weighted by Crippen LogP contribution is 2.25. The van der Waals surface area contributed by atoms with Crippen molar-refractivity contribution in [2.24, 2.45) is 0 Å². The molecule has 0 atom stereocenters. The van der Waals surface area contributed by atoms with Crippen LogP contribution in [0.1, 0.15) is 11.1 Å². The molecule has 1 amide bonds. The van der Waals surface area contributed by atoms with E-state index in [4.69, 9.17) is 11.6 Å². The summed E-state index contributed by atoms with van der Waals surface area (Å²) < 4.78 is 16.1. The minimum Gasteiger partial charge on any atom is -0.342 e. The van der Waals surface area contributed by atoms with Gasteiger partial charge in [0.2, 0.25) is 0 Å². The van der Waals surface area contributed by atoms with Gasteiger partial charge in [0.1, 0.15) is 17.5 Å². The fourth-order valence-corrected chi connectivity index (χ4v) is 3.59. The lowest BCUT2D eigenvalue weighted by atomic mass is 10.1. The molecule has 0 fully saturated rings. The maximum atomic E-state index is 14.2. The lowest BCUT2D eigenvalue weighted by Gasteiger charge is -2.06. The van der Waals surface area contributed by atoms with Crippen molar-refractivity contribution in [1.29, 1.82) is 5.26 Å². The molecule has 6 heteroatoms. The number of halogens is 2. The van der Waals surface area contributed by atoms with Crippen molar-refractivity contribution >= 4 is 40.2 Å². The summed E-state index contributed by atoms with van der Waals surface area (Å²) in [4.78, 5) is 12.6. The molecule has 0 spiro atoms. The fourth-order valence-electron chi connectivity index (χ4n) is 3.40. The summed E-state index contributed by atoms with van der Waals surface area (Å²) in [5.41, 5.74) is 2.58. The second-order valence-corrected chi connectivity index (χ2v) is 7.39. The molecule has 1 N–H and O–H groups in total. The second-order valence-electron chi connectivity index (χ2n) is 6.96. The Morgan fingerprint density at radius 3 is 2.65 bits per heavy atom. The Balaban J connectivity index is 1.70. The number of carbonyl (C=O) groups is 1. The molecule has 4 rings (SSSR count). The van der Waals surface area contributed by atoms with Gasteiger partial charge in [0.15, 0.2) is 0 Å². The van der Waals surface area contributed by atoms with Gasteiger partial charge in [0.25, 0.3) is 5.91 Å². The van der Waals surface area contributed by atoms with Gasteiger partial charge in [-0.2, -0.15) is 5.26 Å². The second kappa shape index (κ2) is 8.86. The first kappa shape index (κ1) is 20.4. The molecule has 1 aromatic heterocycles. The van der Waals surface area contributed by atoms with E-state index in [9.17, 15) is 14.4 Å². The van der Waals surface area contributed by atoms with Crippen molar-refractivity contribution in [3.8, 4) is 6.07 Å². The van der Waals surface area contributed by atoms with Crippen LogP contribution < -0.4 is 5.32 Å². The predicted molar refractivity (Wildman–Crippen MR) is 121 cm³/mol. The van der Waals surface area contributed by atoms with Crippen LogP contribution in [0.5, 0.6) is 0 Å². The number of carbonyl (C=O) groups excluding carboxylic acids is 1. The molecular formula is C25H17ClFN3O. The van der Waals surface area contributed by atoms with Crippen LogP contribution in [0.3, 0.4) is 0 Å². The summed E-state index contributed by atoms with van der Waals surface area (Å²) in [6, 6.07) is 22.9. The molecule has 0 radical (unpaired) electrons. The van der Waals surface area contributed by atoms with Gasteiger partial charge in [0.05, 0.1) is 6.54 Å². The van der Waals surface area contributed by atoms with Gasteiger partial charge >= 0.3 is 0 Å². The van der Waals surface area contributed by atoms with Gasteiger partial charge in [-0.25, -0.2) is 4.39 Å². The Kier molecular flexibility index (Phi) is 5.83. The minimum atomic E-state index is -0.532. The molecule has 4 nitrogen and oxygen atoms in total. The molecule has 0 saturated carbocycles. The zero-order valence-electron chi connectivity index (χ0n) is 16.3. The molecule has 3 aromatic carbocycles. The van der Waals surface area contributed by atoms with Crippen molar-refractivity contribution in [1.82, 2.24) is 4.57 Å². The van der Waals surface area contributed by atoms with Crippen LogP contribution >= 0.6 is 11.6 Å². The van der Waals surface area contributed by atoms with Crippen molar-refractivity contribution in [3.63, 3.8) is 0 Å². The predicted octanol–water partition coefficient (Wildman–Crippen LogP) is 6.03. The average molecular weight is 430 g/mol. The number of hydrogen-bond acceptors (Lipinski definition) is 2. The number of hydrogen-bond donors (Lipinski definition) is 1. The van der Waals surface area contributed by atoms with E-state index >= 15 is 0 Å². The number of amides is 1. The number of nitrogens with one attached hydrogen (secondary N) is 1. The third-order valence-electron chi connectivity index (χ3n) is 4.87. The summed E-state index contributed by atoms with van der Waals surface area (Å²) in [6.45, 7) is 0.331. The molecule has 0 aliphatic heterocycles. The largest absolute Gasteiger partial charge is 0.342 e. The van der Waals surface area contributed by atoms with Gasteiger partial charge in [-0.15, -0.1) is 0 Å². The average Bonchev–Trinajstić information content (AvgIpc) is 3.11. The Labute approximate surface area is 183 Å². The Morgan fingerprint density at radius 1 is 1.10 bits per heavy atom. The molecule has 1 heterocycles. The number of para-hydroxylation sites is 1. The normalized spacial score (nSPS) is 11.3. The van der Waals surface area contributed by atoms with Crippen LogP contribution in [0.25, 0.3) is 17.0 Å². The van der Waals surface area contributed by atoms with E-state index in [1.807, 2.05) is 41.1 Å². The molecule has 0 aliphatic rings. The third kappa shape index (κ3) is 4.50. The molecular weight excluding hydrogens is 413 g/mol. The van der Waals surface area contributed by atoms with Crippen LogP contribution in [-0.2, 0) is 11.3 Å². The summed E-state index contributed by atoms with van der Waals surface area (Å²) in [7, 11) is 0.